The summed E-state index contributed by atoms with van der Waals surface area (Å²) < 4.78 is 29.1. The maximum Gasteiger partial charge on any atom is 0.274 e. The summed E-state index contributed by atoms with van der Waals surface area (Å²) in [6.07, 6.45) is 2.40. The molecule has 2 aliphatic rings. The first-order valence-electron chi connectivity index (χ1n) is 10.7. The number of rotatable bonds is 3. The molecule has 5 rings (SSSR count). The van der Waals surface area contributed by atoms with Crippen LogP contribution in [0, 0.1) is 11.6 Å². The molecule has 1 aromatic heterocycles. The lowest BCUT2D eigenvalue weighted by Crippen LogP contribution is -2.50. The van der Waals surface area contributed by atoms with Gasteiger partial charge in [-0.15, -0.1) is 0 Å². The van der Waals surface area contributed by atoms with Gasteiger partial charge in [-0.2, -0.15) is 5.10 Å². The first kappa shape index (κ1) is 20.4. The van der Waals surface area contributed by atoms with Gasteiger partial charge in [0.1, 0.15) is 17.3 Å². The van der Waals surface area contributed by atoms with E-state index < -0.39 is 0 Å². The van der Waals surface area contributed by atoms with Crippen LogP contribution in [-0.4, -0.2) is 57.6 Å². The molecule has 0 radical (unpaired) electrons. The fourth-order valence-corrected chi connectivity index (χ4v) is 4.47. The number of para-hydroxylation sites is 1. The second kappa shape index (κ2) is 8.18. The molecule has 3 aromatic rings. The van der Waals surface area contributed by atoms with Crippen molar-refractivity contribution < 1.29 is 18.4 Å². The molecule has 164 valence electrons. The number of benzene rings is 2. The van der Waals surface area contributed by atoms with Crippen molar-refractivity contribution in [3.05, 3.63) is 82.7 Å². The van der Waals surface area contributed by atoms with E-state index in [9.17, 15) is 18.4 Å². The predicted octanol–water partition coefficient (Wildman–Crippen LogP) is 3.24. The Bertz CT molecular complexity index is 1180. The molecule has 6 nitrogen and oxygen atoms in total. The van der Waals surface area contributed by atoms with Crippen molar-refractivity contribution in [1.82, 2.24) is 19.6 Å². The molecule has 0 N–H and O–H groups in total. The smallest absolute Gasteiger partial charge is 0.274 e. The minimum absolute atomic E-state index is 0.179. The van der Waals surface area contributed by atoms with Crippen LogP contribution in [0.4, 0.5) is 8.78 Å². The molecule has 0 spiro atoms. The van der Waals surface area contributed by atoms with E-state index in [0.29, 0.717) is 43.1 Å². The molecular formula is C24H22F2N4O2. The molecular weight excluding hydrogens is 414 g/mol. The second-order valence-corrected chi connectivity index (χ2v) is 8.08. The zero-order valence-corrected chi connectivity index (χ0v) is 17.4. The van der Waals surface area contributed by atoms with Gasteiger partial charge in [0, 0.05) is 43.0 Å². The van der Waals surface area contributed by atoms with Gasteiger partial charge in [-0.3, -0.25) is 9.59 Å². The summed E-state index contributed by atoms with van der Waals surface area (Å²) in [6.45, 7) is 1.54. The van der Waals surface area contributed by atoms with Crippen LogP contribution in [0.3, 0.4) is 0 Å². The van der Waals surface area contributed by atoms with Gasteiger partial charge in [-0.05, 0) is 55.7 Å². The van der Waals surface area contributed by atoms with Crippen LogP contribution >= 0.6 is 0 Å². The number of halogens is 2. The van der Waals surface area contributed by atoms with Crippen molar-refractivity contribution in [3.8, 4) is 5.69 Å². The van der Waals surface area contributed by atoms with Gasteiger partial charge in [0.15, 0.2) is 5.69 Å². The maximum atomic E-state index is 14.4. The predicted molar refractivity (Wildman–Crippen MR) is 114 cm³/mol. The minimum Gasteiger partial charge on any atom is -0.335 e. The fourth-order valence-electron chi connectivity index (χ4n) is 4.47. The Morgan fingerprint density at radius 3 is 2.16 bits per heavy atom. The molecule has 2 amide bonds. The Morgan fingerprint density at radius 2 is 1.47 bits per heavy atom. The summed E-state index contributed by atoms with van der Waals surface area (Å²) in [6, 6.07) is 11.9. The topological polar surface area (TPSA) is 58.4 Å². The third-order valence-electron chi connectivity index (χ3n) is 6.16. The summed E-state index contributed by atoms with van der Waals surface area (Å²) in [7, 11) is 0. The van der Waals surface area contributed by atoms with Crippen LogP contribution in [0.2, 0.25) is 0 Å². The Hall–Kier alpha value is -3.55. The van der Waals surface area contributed by atoms with Crippen molar-refractivity contribution >= 4 is 11.8 Å². The van der Waals surface area contributed by atoms with Crippen molar-refractivity contribution in [3.63, 3.8) is 0 Å². The minimum atomic E-state index is -0.390. The monoisotopic (exact) mass is 436 g/mol. The molecule has 2 heterocycles. The average molecular weight is 436 g/mol. The van der Waals surface area contributed by atoms with Crippen molar-refractivity contribution in [2.24, 2.45) is 0 Å². The first-order valence-corrected chi connectivity index (χ1v) is 10.7. The number of aromatic nitrogens is 2. The molecule has 1 saturated heterocycles. The molecule has 0 saturated carbocycles. The maximum absolute atomic E-state index is 14.4. The van der Waals surface area contributed by atoms with Crippen LogP contribution in [0.5, 0.6) is 0 Å². The third-order valence-corrected chi connectivity index (χ3v) is 6.16. The van der Waals surface area contributed by atoms with Crippen LogP contribution in [0.25, 0.3) is 5.69 Å². The lowest BCUT2D eigenvalue weighted by Gasteiger charge is -2.34. The second-order valence-electron chi connectivity index (χ2n) is 8.08. The number of amides is 2. The van der Waals surface area contributed by atoms with E-state index in [0.717, 1.165) is 30.5 Å². The van der Waals surface area contributed by atoms with E-state index in [1.165, 1.54) is 30.3 Å². The fraction of sp³-hybridized carbons (Fsp3) is 0.292. The summed E-state index contributed by atoms with van der Waals surface area (Å²) in [4.78, 5) is 29.3. The van der Waals surface area contributed by atoms with E-state index in [1.54, 1.807) is 32.7 Å². The molecule has 8 heteroatoms. The van der Waals surface area contributed by atoms with Gasteiger partial charge in [0.05, 0.1) is 0 Å². The number of nitrogens with zero attached hydrogens (tertiary/aromatic N) is 4. The van der Waals surface area contributed by atoms with Gasteiger partial charge >= 0.3 is 0 Å². The summed E-state index contributed by atoms with van der Waals surface area (Å²) >= 11 is 0. The summed E-state index contributed by atoms with van der Waals surface area (Å²) in [5, 5.41) is 4.52. The summed E-state index contributed by atoms with van der Waals surface area (Å²) in [5.41, 5.74) is 2.93. The molecule has 1 aliphatic carbocycles. The third kappa shape index (κ3) is 3.55. The lowest BCUT2D eigenvalue weighted by atomic mass is 10.1. The van der Waals surface area contributed by atoms with Crippen molar-refractivity contribution in [2.45, 2.75) is 19.3 Å². The number of fused-ring (bicyclic) bond motifs is 1. The zero-order valence-electron chi connectivity index (χ0n) is 17.4. The van der Waals surface area contributed by atoms with E-state index in [2.05, 4.69) is 5.10 Å². The highest BCUT2D eigenvalue weighted by Gasteiger charge is 2.32. The van der Waals surface area contributed by atoms with Crippen LogP contribution in [-0.2, 0) is 12.8 Å². The highest BCUT2D eigenvalue weighted by Crippen LogP contribution is 2.29. The molecule has 0 bridgehead atoms. The highest BCUT2D eigenvalue weighted by atomic mass is 19.1. The number of hydrogen-bond acceptors (Lipinski definition) is 3. The van der Waals surface area contributed by atoms with Gasteiger partial charge in [-0.25, -0.2) is 13.5 Å². The molecule has 1 aliphatic heterocycles. The number of piperazine rings is 1. The molecule has 32 heavy (non-hydrogen) atoms. The normalized spacial score (nSPS) is 15.7. The van der Waals surface area contributed by atoms with Gasteiger partial charge in [-0.1, -0.05) is 12.1 Å². The first-order chi connectivity index (χ1) is 15.5. The van der Waals surface area contributed by atoms with Gasteiger partial charge in [0.2, 0.25) is 0 Å². The molecule has 1 fully saturated rings. The Labute approximate surface area is 184 Å². The Kier molecular flexibility index (Phi) is 5.20. The number of hydrogen-bond donors (Lipinski definition) is 0. The van der Waals surface area contributed by atoms with E-state index >= 15 is 0 Å². The molecule has 2 aromatic carbocycles. The van der Waals surface area contributed by atoms with Crippen molar-refractivity contribution in [2.75, 3.05) is 26.2 Å². The van der Waals surface area contributed by atoms with Gasteiger partial charge in [0.25, 0.3) is 11.8 Å². The SMILES string of the molecule is O=C(c1ccc(F)cc1)N1CCN(C(=O)c2nn(-c3ccccc3F)c3c2CCC3)CC1. The largest absolute Gasteiger partial charge is 0.335 e. The molecule has 0 unspecified atom stereocenters. The Balaban J connectivity index is 1.33. The standard InChI is InChI=1S/C24H22F2N4O2/c25-17-10-8-16(9-11-17)23(31)28-12-14-29(15-13-28)24(32)22-18-4-3-7-20(18)30(27-22)21-6-2-1-5-19(21)26/h1-2,5-6,8-11H,3-4,7,12-15H2. The highest BCUT2D eigenvalue weighted by molar-refractivity contribution is 5.96. The summed E-state index contributed by atoms with van der Waals surface area (Å²) in [5.74, 6) is -1.13. The van der Waals surface area contributed by atoms with Gasteiger partial charge < -0.3 is 9.80 Å². The zero-order chi connectivity index (χ0) is 22.2. The quantitative estimate of drug-likeness (QED) is 0.634. The molecule has 0 atom stereocenters. The lowest BCUT2D eigenvalue weighted by molar-refractivity contribution is 0.0531. The average Bonchev–Trinajstić information content (AvgIpc) is 3.42. The van der Waals surface area contributed by atoms with E-state index in [1.807, 2.05) is 0 Å². The van der Waals surface area contributed by atoms with E-state index in [4.69, 9.17) is 0 Å². The number of carbonyl (C=O) groups is 2. The Morgan fingerprint density at radius 1 is 0.812 bits per heavy atom. The van der Waals surface area contributed by atoms with Crippen LogP contribution in [0.15, 0.2) is 48.5 Å². The van der Waals surface area contributed by atoms with Crippen molar-refractivity contribution in [1.29, 1.82) is 0 Å². The number of carbonyl (C=O) groups excluding carboxylic acids is 2. The van der Waals surface area contributed by atoms with Crippen LogP contribution < -0.4 is 0 Å². The van der Waals surface area contributed by atoms with E-state index in [-0.39, 0.29) is 23.4 Å². The van der Waals surface area contributed by atoms with Crippen LogP contribution in [0.1, 0.15) is 38.5 Å².